The van der Waals surface area contributed by atoms with Crippen molar-refractivity contribution in [2.75, 3.05) is 5.32 Å². The molecule has 0 aliphatic rings. The van der Waals surface area contributed by atoms with Crippen molar-refractivity contribution >= 4 is 37.5 Å². The zero-order valence-corrected chi connectivity index (χ0v) is 13.5. The van der Waals surface area contributed by atoms with Crippen LogP contribution in [0.4, 0.5) is 18.9 Å². The van der Waals surface area contributed by atoms with E-state index < -0.39 is 11.6 Å². The van der Waals surface area contributed by atoms with Gasteiger partial charge in [0.1, 0.15) is 17.5 Å². The number of rotatable bonds is 3. The molecule has 6 heteroatoms. The van der Waals surface area contributed by atoms with Crippen LogP contribution < -0.4 is 5.32 Å². The zero-order chi connectivity index (χ0) is 14.9. The summed E-state index contributed by atoms with van der Waals surface area (Å²) in [4.78, 5) is 0. The van der Waals surface area contributed by atoms with Gasteiger partial charge in [0.25, 0.3) is 0 Å². The Balaban J connectivity index is 2.27. The predicted octanol–water partition coefficient (Wildman–Crippen LogP) is 5.80. The highest BCUT2D eigenvalue weighted by Crippen LogP contribution is 2.31. The van der Waals surface area contributed by atoms with Gasteiger partial charge < -0.3 is 5.32 Å². The van der Waals surface area contributed by atoms with E-state index in [9.17, 15) is 13.2 Å². The van der Waals surface area contributed by atoms with E-state index in [-0.39, 0.29) is 17.5 Å². The van der Waals surface area contributed by atoms with E-state index in [1.807, 2.05) is 0 Å². The second-order valence-electron chi connectivity index (χ2n) is 4.28. The van der Waals surface area contributed by atoms with Crippen LogP contribution in [0.2, 0.25) is 0 Å². The summed E-state index contributed by atoms with van der Waals surface area (Å²) in [5, 5.41) is 2.94. The lowest BCUT2D eigenvalue weighted by atomic mass is 10.1. The summed E-state index contributed by atoms with van der Waals surface area (Å²) in [5.41, 5.74) is 0.938. The normalized spacial score (nSPS) is 12.3. The van der Waals surface area contributed by atoms with E-state index in [1.54, 1.807) is 19.1 Å². The first-order valence-corrected chi connectivity index (χ1v) is 7.33. The molecule has 0 amide bonds. The van der Waals surface area contributed by atoms with Crippen LogP contribution in [0.1, 0.15) is 18.5 Å². The van der Waals surface area contributed by atoms with Crippen LogP contribution >= 0.6 is 31.9 Å². The quantitative estimate of drug-likeness (QED) is 0.676. The fraction of sp³-hybridized carbons (Fsp3) is 0.143. The maximum atomic E-state index is 13.7. The van der Waals surface area contributed by atoms with E-state index in [2.05, 4.69) is 37.2 Å². The van der Waals surface area contributed by atoms with Crippen LogP contribution in [0.15, 0.2) is 39.3 Å². The van der Waals surface area contributed by atoms with Crippen LogP contribution in [0, 0.1) is 17.5 Å². The molecule has 2 aromatic rings. The van der Waals surface area contributed by atoms with E-state index >= 15 is 0 Å². The SMILES string of the molecule is CC(Nc1c(F)cc(F)cc1Br)c1ccc(F)c(Br)c1. The fourth-order valence-corrected chi connectivity index (χ4v) is 2.68. The Morgan fingerprint density at radius 2 is 1.65 bits per heavy atom. The molecule has 1 N–H and O–H groups in total. The van der Waals surface area contributed by atoms with Gasteiger partial charge in [-0.2, -0.15) is 0 Å². The highest BCUT2D eigenvalue weighted by molar-refractivity contribution is 9.10. The number of anilines is 1. The molecule has 1 atom stereocenters. The van der Waals surface area contributed by atoms with E-state index in [4.69, 9.17) is 0 Å². The Kier molecular flexibility index (Phi) is 4.75. The Hall–Kier alpha value is -1.01. The van der Waals surface area contributed by atoms with Crippen molar-refractivity contribution in [3.05, 3.63) is 62.3 Å². The molecule has 0 saturated heterocycles. The van der Waals surface area contributed by atoms with Crippen LogP contribution in [0.3, 0.4) is 0 Å². The Labute approximate surface area is 131 Å². The molecule has 0 bridgehead atoms. The molecule has 0 aromatic heterocycles. The third kappa shape index (κ3) is 3.35. The van der Waals surface area contributed by atoms with Crippen LogP contribution in [-0.4, -0.2) is 0 Å². The molecular formula is C14H10Br2F3N. The van der Waals surface area contributed by atoms with Crippen molar-refractivity contribution in [3.63, 3.8) is 0 Å². The van der Waals surface area contributed by atoms with Gasteiger partial charge in [-0.1, -0.05) is 6.07 Å². The molecule has 106 valence electrons. The van der Waals surface area contributed by atoms with Gasteiger partial charge in [-0.05, 0) is 62.5 Å². The second-order valence-corrected chi connectivity index (χ2v) is 5.99. The molecule has 1 unspecified atom stereocenters. The Morgan fingerprint density at radius 1 is 0.950 bits per heavy atom. The summed E-state index contributed by atoms with van der Waals surface area (Å²) in [7, 11) is 0. The minimum absolute atomic E-state index is 0.166. The molecule has 2 rings (SSSR count). The van der Waals surface area contributed by atoms with Crippen LogP contribution in [-0.2, 0) is 0 Å². The lowest BCUT2D eigenvalue weighted by Gasteiger charge is -2.18. The zero-order valence-electron chi connectivity index (χ0n) is 10.4. The van der Waals surface area contributed by atoms with Crippen LogP contribution in [0.5, 0.6) is 0 Å². The first-order chi connectivity index (χ1) is 9.38. The molecule has 0 aliphatic heterocycles. The van der Waals surface area contributed by atoms with Crippen molar-refractivity contribution in [2.45, 2.75) is 13.0 Å². The van der Waals surface area contributed by atoms with Gasteiger partial charge >= 0.3 is 0 Å². The summed E-state index contributed by atoms with van der Waals surface area (Å²) in [6.07, 6.45) is 0. The molecule has 0 saturated carbocycles. The molecule has 1 nitrogen and oxygen atoms in total. The van der Waals surface area contributed by atoms with Gasteiger partial charge in [0, 0.05) is 16.6 Å². The van der Waals surface area contributed by atoms with E-state index in [1.165, 1.54) is 12.1 Å². The Bertz CT molecular complexity index is 623. The smallest absolute Gasteiger partial charge is 0.150 e. The van der Waals surface area contributed by atoms with E-state index in [0.717, 1.165) is 11.6 Å². The summed E-state index contributed by atoms with van der Waals surface area (Å²) in [5.74, 6) is -1.71. The number of hydrogen-bond acceptors (Lipinski definition) is 1. The molecule has 2 aromatic carbocycles. The molecule has 0 spiro atoms. The fourth-order valence-electron chi connectivity index (χ4n) is 1.76. The highest BCUT2D eigenvalue weighted by Gasteiger charge is 2.14. The average molecular weight is 409 g/mol. The number of hydrogen-bond donors (Lipinski definition) is 1. The molecule has 0 heterocycles. The lowest BCUT2D eigenvalue weighted by molar-refractivity contribution is 0.582. The summed E-state index contributed by atoms with van der Waals surface area (Å²) in [6.45, 7) is 1.80. The van der Waals surface area contributed by atoms with Crippen molar-refractivity contribution in [1.82, 2.24) is 0 Å². The molecule has 0 fully saturated rings. The first kappa shape index (κ1) is 15.4. The topological polar surface area (TPSA) is 12.0 Å². The minimum atomic E-state index is -0.690. The van der Waals surface area contributed by atoms with Crippen molar-refractivity contribution in [2.24, 2.45) is 0 Å². The van der Waals surface area contributed by atoms with E-state index in [0.29, 0.717) is 8.95 Å². The van der Waals surface area contributed by atoms with Gasteiger partial charge in [-0.3, -0.25) is 0 Å². The number of nitrogens with one attached hydrogen (secondary N) is 1. The van der Waals surface area contributed by atoms with Gasteiger partial charge in [0.15, 0.2) is 0 Å². The maximum Gasteiger partial charge on any atom is 0.150 e. The lowest BCUT2D eigenvalue weighted by Crippen LogP contribution is -2.09. The van der Waals surface area contributed by atoms with Crippen molar-refractivity contribution in [1.29, 1.82) is 0 Å². The minimum Gasteiger partial charge on any atom is -0.375 e. The number of benzene rings is 2. The summed E-state index contributed by atoms with van der Waals surface area (Å²) in [6, 6.07) is 6.26. The third-order valence-corrected chi connectivity index (χ3v) is 4.04. The average Bonchev–Trinajstić information content (AvgIpc) is 2.36. The maximum absolute atomic E-state index is 13.7. The standard InChI is InChI=1S/C14H10Br2F3N/c1-7(8-2-3-12(18)10(15)4-8)20-14-11(16)5-9(17)6-13(14)19/h2-7,20H,1H3. The molecule has 20 heavy (non-hydrogen) atoms. The van der Waals surface area contributed by atoms with Gasteiger partial charge in [-0.15, -0.1) is 0 Å². The van der Waals surface area contributed by atoms with Gasteiger partial charge in [0.2, 0.25) is 0 Å². The monoisotopic (exact) mass is 407 g/mol. The summed E-state index contributed by atoms with van der Waals surface area (Å²) < 4.78 is 40.6. The number of halogens is 5. The summed E-state index contributed by atoms with van der Waals surface area (Å²) >= 11 is 6.22. The van der Waals surface area contributed by atoms with Crippen LogP contribution in [0.25, 0.3) is 0 Å². The first-order valence-electron chi connectivity index (χ1n) is 5.74. The molecule has 0 aliphatic carbocycles. The highest BCUT2D eigenvalue weighted by atomic mass is 79.9. The molecular weight excluding hydrogens is 399 g/mol. The van der Waals surface area contributed by atoms with Gasteiger partial charge in [0.05, 0.1) is 10.2 Å². The second kappa shape index (κ2) is 6.18. The van der Waals surface area contributed by atoms with Crippen molar-refractivity contribution in [3.8, 4) is 0 Å². The third-order valence-electron chi connectivity index (χ3n) is 2.81. The van der Waals surface area contributed by atoms with Gasteiger partial charge in [-0.25, -0.2) is 13.2 Å². The predicted molar refractivity (Wildman–Crippen MR) is 80.2 cm³/mol. The van der Waals surface area contributed by atoms with Crippen molar-refractivity contribution < 1.29 is 13.2 Å². The molecule has 0 radical (unpaired) electrons. The Morgan fingerprint density at radius 3 is 2.25 bits per heavy atom. The largest absolute Gasteiger partial charge is 0.375 e.